The van der Waals surface area contributed by atoms with E-state index >= 15 is 0 Å². The third-order valence-electron chi connectivity index (χ3n) is 6.61. The van der Waals surface area contributed by atoms with Gasteiger partial charge in [-0.05, 0) is 62.1 Å². The second kappa shape index (κ2) is 10.7. The van der Waals surface area contributed by atoms with Crippen molar-refractivity contribution in [2.24, 2.45) is 11.8 Å². The molecule has 1 heterocycles. The van der Waals surface area contributed by atoms with Gasteiger partial charge in [-0.25, -0.2) is 4.79 Å². The fraction of sp³-hybridized carbons (Fsp3) is 0.407. The second-order valence-corrected chi connectivity index (χ2v) is 8.88. The first-order valence-electron chi connectivity index (χ1n) is 11.6. The molecule has 1 aliphatic carbocycles. The Hall–Kier alpha value is -3.12. The van der Waals surface area contributed by atoms with Crippen LogP contribution >= 0.6 is 0 Å². The maximum Gasteiger partial charge on any atom is 0.329 e. The van der Waals surface area contributed by atoms with Gasteiger partial charge in [0.05, 0.1) is 13.7 Å². The van der Waals surface area contributed by atoms with E-state index in [1.165, 1.54) is 11.3 Å². The Morgan fingerprint density at radius 3 is 2.30 bits per heavy atom. The Bertz CT molecular complexity index is 1050. The molecule has 33 heavy (non-hydrogen) atoms. The molecule has 0 aliphatic heterocycles. The molecule has 0 saturated heterocycles. The number of hydrogen-bond donors (Lipinski definition) is 1. The smallest absolute Gasteiger partial charge is 0.329 e. The number of methoxy groups -OCH3 is 1. The van der Waals surface area contributed by atoms with E-state index in [1.807, 2.05) is 18.2 Å². The maximum atomic E-state index is 10.7. The van der Waals surface area contributed by atoms with Gasteiger partial charge in [-0.1, -0.05) is 42.5 Å². The molecule has 2 aromatic carbocycles. The van der Waals surface area contributed by atoms with Crippen LogP contribution in [0, 0.1) is 18.8 Å². The molecule has 0 amide bonds. The van der Waals surface area contributed by atoms with Crippen molar-refractivity contribution in [3.63, 3.8) is 0 Å². The van der Waals surface area contributed by atoms with E-state index in [0.29, 0.717) is 18.4 Å². The molecular weight excluding hydrogens is 416 g/mol. The fourth-order valence-electron chi connectivity index (χ4n) is 4.76. The number of carboxylic acids is 1. The van der Waals surface area contributed by atoms with Crippen LogP contribution in [0.25, 0.3) is 22.4 Å². The highest BCUT2D eigenvalue weighted by Gasteiger charge is 2.24. The van der Waals surface area contributed by atoms with Crippen molar-refractivity contribution < 1.29 is 19.4 Å². The van der Waals surface area contributed by atoms with Crippen LogP contribution in [-0.2, 0) is 16.1 Å². The van der Waals surface area contributed by atoms with E-state index in [-0.39, 0.29) is 6.61 Å². The van der Waals surface area contributed by atoms with E-state index in [2.05, 4.69) is 48.0 Å². The Kier molecular flexibility index (Phi) is 7.45. The lowest BCUT2D eigenvalue weighted by atomic mass is 9.82. The van der Waals surface area contributed by atoms with Crippen molar-refractivity contribution in [3.8, 4) is 28.1 Å². The summed E-state index contributed by atoms with van der Waals surface area (Å²) in [4.78, 5) is 10.7. The van der Waals surface area contributed by atoms with E-state index in [9.17, 15) is 4.79 Å². The lowest BCUT2D eigenvalue weighted by Crippen LogP contribution is -2.23. The summed E-state index contributed by atoms with van der Waals surface area (Å²) in [7, 11) is 1.68. The molecule has 0 spiro atoms. The Balaban J connectivity index is 1.52. The Morgan fingerprint density at radius 1 is 1.00 bits per heavy atom. The van der Waals surface area contributed by atoms with Gasteiger partial charge in [0.1, 0.15) is 18.1 Å². The van der Waals surface area contributed by atoms with Crippen molar-refractivity contribution in [2.45, 2.75) is 39.2 Å². The molecule has 1 N–H and O–H groups in total. The third-order valence-corrected chi connectivity index (χ3v) is 6.61. The summed E-state index contributed by atoms with van der Waals surface area (Å²) in [5.41, 5.74) is 5.60. The van der Waals surface area contributed by atoms with Crippen molar-refractivity contribution in [1.29, 1.82) is 0 Å². The van der Waals surface area contributed by atoms with Crippen LogP contribution in [0.15, 0.2) is 54.6 Å². The summed E-state index contributed by atoms with van der Waals surface area (Å²) in [6.07, 6.45) is 4.36. The largest absolute Gasteiger partial charge is 0.497 e. The second-order valence-electron chi connectivity index (χ2n) is 8.88. The first-order chi connectivity index (χ1) is 16.0. The van der Waals surface area contributed by atoms with Gasteiger partial charge in [0.15, 0.2) is 0 Å². The quantitative estimate of drug-likeness (QED) is 0.472. The van der Waals surface area contributed by atoms with Gasteiger partial charge in [0.2, 0.25) is 0 Å². The number of aromatic nitrogens is 2. The Labute approximate surface area is 195 Å². The molecule has 3 aromatic rings. The van der Waals surface area contributed by atoms with Crippen LogP contribution < -0.4 is 4.74 Å². The molecule has 0 unspecified atom stereocenters. The summed E-state index contributed by atoms with van der Waals surface area (Å²) in [5, 5.41) is 13.8. The number of benzene rings is 2. The van der Waals surface area contributed by atoms with E-state index in [4.69, 9.17) is 19.7 Å². The number of carbonyl (C=O) groups is 1. The molecule has 0 atom stereocenters. The molecule has 6 nitrogen and oxygen atoms in total. The fourth-order valence-corrected chi connectivity index (χ4v) is 4.76. The molecule has 1 aliphatic rings. The molecule has 4 rings (SSSR count). The number of carboxylic acid groups (broad SMARTS) is 1. The monoisotopic (exact) mass is 448 g/mol. The molecule has 1 aromatic heterocycles. The van der Waals surface area contributed by atoms with Crippen molar-refractivity contribution in [2.75, 3.05) is 20.3 Å². The van der Waals surface area contributed by atoms with Crippen molar-refractivity contribution >= 4 is 5.97 Å². The first kappa shape index (κ1) is 23.1. The molecular formula is C27H32N2O4. The lowest BCUT2D eigenvalue weighted by molar-refractivity contribution is -0.142. The predicted molar refractivity (Wildman–Crippen MR) is 128 cm³/mol. The van der Waals surface area contributed by atoms with Crippen molar-refractivity contribution in [3.05, 3.63) is 60.3 Å². The predicted octanol–water partition coefficient (Wildman–Crippen LogP) is 5.44. The minimum absolute atomic E-state index is 0.206. The molecule has 6 heteroatoms. The lowest BCUT2D eigenvalue weighted by Gasteiger charge is -2.28. The minimum atomic E-state index is -0.903. The highest BCUT2D eigenvalue weighted by atomic mass is 16.5. The molecule has 1 fully saturated rings. The van der Waals surface area contributed by atoms with Crippen LogP contribution in [0.4, 0.5) is 0 Å². The Morgan fingerprint density at radius 2 is 1.67 bits per heavy atom. The summed E-state index contributed by atoms with van der Waals surface area (Å²) in [6, 6.07) is 18.5. The van der Waals surface area contributed by atoms with Crippen molar-refractivity contribution in [1.82, 2.24) is 9.78 Å². The van der Waals surface area contributed by atoms with Crippen LogP contribution in [0.1, 0.15) is 31.4 Å². The van der Waals surface area contributed by atoms with Gasteiger partial charge >= 0.3 is 5.97 Å². The number of rotatable bonds is 9. The van der Waals surface area contributed by atoms with Gasteiger partial charge < -0.3 is 14.6 Å². The van der Waals surface area contributed by atoms with Crippen LogP contribution in [-0.4, -0.2) is 41.2 Å². The average molecular weight is 449 g/mol. The third kappa shape index (κ3) is 5.63. The topological polar surface area (TPSA) is 73.6 Å². The highest BCUT2D eigenvalue weighted by molar-refractivity contribution is 5.82. The van der Waals surface area contributed by atoms with E-state index in [0.717, 1.165) is 54.8 Å². The summed E-state index contributed by atoms with van der Waals surface area (Å²) >= 11 is 0. The number of nitrogens with zero attached hydrogens (tertiary/aromatic N) is 2. The maximum absolute atomic E-state index is 10.7. The van der Waals surface area contributed by atoms with Gasteiger partial charge in [0, 0.05) is 23.4 Å². The average Bonchev–Trinajstić information content (AvgIpc) is 3.16. The zero-order valence-corrected chi connectivity index (χ0v) is 19.4. The van der Waals surface area contributed by atoms with Gasteiger partial charge in [-0.15, -0.1) is 0 Å². The van der Waals surface area contributed by atoms with E-state index in [1.54, 1.807) is 7.11 Å². The standard InChI is InChI=1S/C27H32N2O4/c1-19-26(22-12-14-24(32-2)15-13-22)27(23-6-4-3-5-7-23)28-29(19)16-20-8-10-21(11-9-20)17-33-18-25(30)31/h3-7,12-15,20-21H,8-11,16-18H2,1-2H3,(H,30,31)/t20-,21+. The SMILES string of the molecule is COc1ccc(-c2c(-c3ccccc3)nn(C[C@H]3CC[C@@H](COCC(=O)O)CC3)c2C)cc1. The van der Waals surface area contributed by atoms with Crippen LogP contribution in [0.2, 0.25) is 0 Å². The van der Waals surface area contributed by atoms with Gasteiger partial charge in [-0.2, -0.15) is 5.10 Å². The number of ether oxygens (including phenoxy) is 2. The zero-order valence-electron chi connectivity index (χ0n) is 19.4. The summed E-state index contributed by atoms with van der Waals surface area (Å²) in [5.74, 6) is 0.953. The van der Waals surface area contributed by atoms with Crippen LogP contribution in [0.5, 0.6) is 5.75 Å². The van der Waals surface area contributed by atoms with Crippen LogP contribution in [0.3, 0.4) is 0 Å². The molecule has 0 radical (unpaired) electrons. The van der Waals surface area contributed by atoms with Gasteiger partial charge in [0.25, 0.3) is 0 Å². The molecule has 174 valence electrons. The zero-order chi connectivity index (χ0) is 23.2. The normalized spacial score (nSPS) is 18.2. The minimum Gasteiger partial charge on any atom is -0.497 e. The highest BCUT2D eigenvalue weighted by Crippen LogP contribution is 2.37. The molecule has 0 bridgehead atoms. The number of hydrogen-bond acceptors (Lipinski definition) is 4. The first-order valence-corrected chi connectivity index (χ1v) is 11.6. The van der Waals surface area contributed by atoms with Gasteiger partial charge in [-0.3, -0.25) is 4.68 Å². The number of aliphatic carboxylic acids is 1. The summed E-state index contributed by atoms with van der Waals surface area (Å²) < 4.78 is 12.8. The summed E-state index contributed by atoms with van der Waals surface area (Å²) in [6.45, 7) is 3.39. The molecule has 1 saturated carbocycles. The van der Waals surface area contributed by atoms with E-state index < -0.39 is 5.97 Å².